The highest BCUT2D eigenvalue weighted by molar-refractivity contribution is 6.09. The molecule has 2 aromatic carbocycles. The first kappa shape index (κ1) is 15.7. The number of nitrogens with one attached hydrogen (secondary N) is 1. The van der Waals surface area contributed by atoms with Crippen molar-refractivity contribution in [3.8, 4) is 0 Å². The highest BCUT2D eigenvalue weighted by Gasteiger charge is 2.10. The number of hydrogen-bond acceptors (Lipinski definition) is 2. The Morgan fingerprint density at radius 3 is 2.14 bits per heavy atom. The molecule has 2 rings (SSSR count). The first-order chi connectivity index (χ1) is 10.7. The lowest BCUT2D eigenvalue weighted by atomic mass is 10.0. The summed E-state index contributed by atoms with van der Waals surface area (Å²) in [4.78, 5) is 24.2. The molecular weight excluding hydrogens is 274 g/mol. The summed E-state index contributed by atoms with van der Waals surface area (Å²) in [5.41, 5.74) is 1.79. The molecule has 1 amide bonds. The Morgan fingerprint density at radius 1 is 0.909 bits per heavy atom. The number of rotatable bonds is 6. The summed E-state index contributed by atoms with van der Waals surface area (Å²) in [6, 6.07) is 15.8. The average molecular weight is 293 g/mol. The first-order valence-electron chi connectivity index (χ1n) is 7.31. The summed E-state index contributed by atoms with van der Waals surface area (Å²) in [5, 5.41) is 2.84. The van der Waals surface area contributed by atoms with Crippen LogP contribution in [0.4, 0.5) is 0 Å². The molecule has 3 heteroatoms. The Kier molecular flexibility index (Phi) is 5.66. The van der Waals surface area contributed by atoms with E-state index in [-0.39, 0.29) is 11.7 Å². The van der Waals surface area contributed by atoms with Crippen molar-refractivity contribution < 1.29 is 9.59 Å². The maximum absolute atomic E-state index is 12.3. The molecule has 112 valence electrons. The van der Waals surface area contributed by atoms with E-state index in [0.29, 0.717) is 23.2 Å². The predicted octanol–water partition coefficient (Wildman–Crippen LogP) is 3.61. The fraction of sp³-hybridized carbons (Fsp3) is 0.158. The molecule has 3 nitrogen and oxygen atoms in total. The second kappa shape index (κ2) is 7.93. The molecule has 0 aliphatic heterocycles. The second-order valence-electron chi connectivity index (χ2n) is 4.89. The Morgan fingerprint density at radius 2 is 1.50 bits per heavy atom. The van der Waals surface area contributed by atoms with Crippen LogP contribution >= 0.6 is 0 Å². The number of benzene rings is 2. The van der Waals surface area contributed by atoms with Gasteiger partial charge >= 0.3 is 0 Å². The van der Waals surface area contributed by atoms with Crippen molar-refractivity contribution in [2.45, 2.75) is 13.3 Å². The highest BCUT2D eigenvalue weighted by Crippen LogP contribution is 2.11. The quantitative estimate of drug-likeness (QED) is 0.502. The normalized spacial score (nSPS) is 10.6. The van der Waals surface area contributed by atoms with E-state index in [1.54, 1.807) is 36.4 Å². The fourth-order valence-electron chi connectivity index (χ4n) is 2.07. The van der Waals surface area contributed by atoms with Crippen molar-refractivity contribution in [2.75, 3.05) is 6.54 Å². The largest absolute Gasteiger partial charge is 0.352 e. The Bertz CT molecular complexity index is 658. The van der Waals surface area contributed by atoms with Gasteiger partial charge in [0.2, 0.25) is 0 Å². The molecule has 1 N–H and O–H groups in total. The maximum atomic E-state index is 12.3. The van der Waals surface area contributed by atoms with Gasteiger partial charge in [-0.2, -0.15) is 0 Å². The van der Waals surface area contributed by atoms with Crippen molar-refractivity contribution in [2.24, 2.45) is 0 Å². The molecular formula is C19H19NO2. The fourth-order valence-corrected chi connectivity index (χ4v) is 2.07. The lowest BCUT2D eigenvalue weighted by Crippen LogP contribution is -2.24. The number of allylic oxidation sites excluding steroid dienone is 1. The van der Waals surface area contributed by atoms with Crippen LogP contribution in [0.5, 0.6) is 0 Å². The summed E-state index contributed by atoms with van der Waals surface area (Å²) < 4.78 is 0. The SMILES string of the molecule is C/C=C/CCNC(=O)c1ccc(C(=O)c2ccccc2)cc1. The summed E-state index contributed by atoms with van der Waals surface area (Å²) in [5.74, 6) is -0.163. The number of amides is 1. The molecule has 0 bridgehead atoms. The van der Waals surface area contributed by atoms with Gasteiger partial charge in [-0.25, -0.2) is 0 Å². The van der Waals surface area contributed by atoms with Crippen LogP contribution in [0, 0.1) is 0 Å². The number of carbonyl (C=O) groups excluding carboxylic acids is 2. The molecule has 0 radical (unpaired) electrons. The number of carbonyl (C=O) groups is 2. The first-order valence-corrected chi connectivity index (χ1v) is 7.31. The van der Waals surface area contributed by atoms with Gasteiger partial charge in [-0.05, 0) is 25.5 Å². The lowest BCUT2D eigenvalue weighted by molar-refractivity contribution is 0.0952. The highest BCUT2D eigenvalue weighted by atomic mass is 16.1. The van der Waals surface area contributed by atoms with Crippen molar-refractivity contribution in [1.82, 2.24) is 5.32 Å². The summed E-state index contributed by atoms with van der Waals surface area (Å²) in [6.07, 6.45) is 4.77. The van der Waals surface area contributed by atoms with Crippen molar-refractivity contribution in [1.29, 1.82) is 0 Å². The third kappa shape index (κ3) is 4.16. The minimum Gasteiger partial charge on any atom is -0.352 e. The minimum absolute atomic E-state index is 0.0411. The molecule has 0 atom stereocenters. The molecule has 22 heavy (non-hydrogen) atoms. The zero-order valence-corrected chi connectivity index (χ0v) is 12.6. The molecule has 0 unspecified atom stereocenters. The summed E-state index contributed by atoms with van der Waals surface area (Å²) >= 11 is 0. The minimum atomic E-state index is -0.122. The van der Waals surface area contributed by atoms with Gasteiger partial charge in [-0.15, -0.1) is 0 Å². The summed E-state index contributed by atoms with van der Waals surface area (Å²) in [7, 11) is 0. The third-order valence-electron chi connectivity index (χ3n) is 3.28. The molecule has 0 saturated heterocycles. The van der Waals surface area contributed by atoms with E-state index in [2.05, 4.69) is 5.32 Å². The van der Waals surface area contributed by atoms with Crippen LogP contribution < -0.4 is 5.32 Å². The van der Waals surface area contributed by atoms with Crippen molar-refractivity contribution >= 4 is 11.7 Å². The van der Waals surface area contributed by atoms with E-state index >= 15 is 0 Å². The van der Waals surface area contributed by atoms with E-state index < -0.39 is 0 Å². The topological polar surface area (TPSA) is 46.2 Å². The Hall–Kier alpha value is -2.68. The molecule has 0 aliphatic rings. The number of ketones is 1. The smallest absolute Gasteiger partial charge is 0.251 e. The van der Waals surface area contributed by atoms with Gasteiger partial charge in [0.1, 0.15) is 0 Å². The molecule has 2 aromatic rings. The second-order valence-corrected chi connectivity index (χ2v) is 4.89. The third-order valence-corrected chi connectivity index (χ3v) is 3.28. The van der Waals surface area contributed by atoms with E-state index in [9.17, 15) is 9.59 Å². The Balaban J connectivity index is 2.01. The monoisotopic (exact) mass is 293 g/mol. The van der Waals surface area contributed by atoms with Crippen LogP contribution in [0.1, 0.15) is 39.6 Å². The number of hydrogen-bond donors (Lipinski definition) is 1. The molecule has 0 fully saturated rings. The van der Waals surface area contributed by atoms with Crippen LogP contribution in [-0.2, 0) is 0 Å². The molecule has 0 spiro atoms. The molecule has 0 saturated carbocycles. The van der Waals surface area contributed by atoms with E-state index in [1.165, 1.54) is 0 Å². The zero-order chi connectivity index (χ0) is 15.8. The van der Waals surface area contributed by atoms with Crippen LogP contribution in [-0.4, -0.2) is 18.2 Å². The molecule has 0 aromatic heterocycles. The average Bonchev–Trinajstić information content (AvgIpc) is 2.59. The lowest BCUT2D eigenvalue weighted by Gasteiger charge is -2.05. The van der Waals surface area contributed by atoms with Gasteiger partial charge in [-0.3, -0.25) is 9.59 Å². The van der Waals surface area contributed by atoms with Gasteiger partial charge in [0.05, 0.1) is 0 Å². The maximum Gasteiger partial charge on any atom is 0.251 e. The van der Waals surface area contributed by atoms with E-state index in [1.807, 2.05) is 37.3 Å². The molecule has 0 aliphatic carbocycles. The van der Waals surface area contributed by atoms with Gasteiger partial charge < -0.3 is 5.32 Å². The van der Waals surface area contributed by atoms with Crippen molar-refractivity contribution in [3.63, 3.8) is 0 Å². The van der Waals surface area contributed by atoms with E-state index in [4.69, 9.17) is 0 Å². The standard InChI is InChI=1S/C19H19NO2/c1-2-3-7-14-20-19(22)17-12-10-16(11-13-17)18(21)15-8-5-4-6-9-15/h2-6,8-13H,7,14H2,1H3,(H,20,22)/b3-2+. The molecule has 0 heterocycles. The van der Waals surface area contributed by atoms with Gasteiger partial charge in [0, 0.05) is 23.2 Å². The van der Waals surface area contributed by atoms with Crippen molar-refractivity contribution in [3.05, 3.63) is 83.4 Å². The van der Waals surface area contributed by atoms with Gasteiger partial charge in [0.15, 0.2) is 5.78 Å². The van der Waals surface area contributed by atoms with Crippen LogP contribution in [0.2, 0.25) is 0 Å². The van der Waals surface area contributed by atoms with Crippen LogP contribution in [0.25, 0.3) is 0 Å². The van der Waals surface area contributed by atoms with E-state index in [0.717, 1.165) is 6.42 Å². The van der Waals surface area contributed by atoms with Crippen LogP contribution in [0.3, 0.4) is 0 Å². The Labute approximate surface area is 130 Å². The predicted molar refractivity (Wildman–Crippen MR) is 88.1 cm³/mol. The van der Waals surface area contributed by atoms with Crippen LogP contribution in [0.15, 0.2) is 66.7 Å². The zero-order valence-electron chi connectivity index (χ0n) is 12.6. The van der Waals surface area contributed by atoms with Gasteiger partial charge in [-0.1, -0.05) is 54.6 Å². The summed E-state index contributed by atoms with van der Waals surface area (Å²) in [6.45, 7) is 2.55. The van der Waals surface area contributed by atoms with Gasteiger partial charge in [0.25, 0.3) is 5.91 Å².